The number of piperazine rings is 1. The standard InChI is InChI=1S/C22H30N4O3S2/c27-21(26-11-9-25(10-12-26)18-7-13-31(28,29)16-18)15-24-8-3-4-17(14-24)22-23-19-5-1-2-6-20(19)30-22/h1-2,5-6,17-18H,3-4,7-16H2/t17-,18-/m1/s1. The summed E-state index contributed by atoms with van der Waals surface area (Å²) in [7, 11) is -2.86. The van der Waals surface area contributed by atoms with E-state index < -0.39 is 9.84 Å². The number of para-hydroxylation sites is 1. The number of thiazole rings is 1. The van der Waals surface area contributed by atoms with Crippen LogP contribution < -0.4 is 0 Å². The fourth-order valence-corrected chi connectivity index (χ4v) is 8.01. The zero-order valence-corrected chi connectivity index (χ0v) is 19.4. The number of benzene rings is 1. The Hall–Kier alpha value is -1.55. The Morgan fingerprint density at radius 2 is 1.90 bits per heavy atom. The maximum atomic E-state index is 12.9. The summed E-state index contributed by atoms with van der Waals surface area (Å²) in [4.78, 5) is 24.3. The van der Waals surface area contributed by atoms with Gasteiger partial charge in [0.15, 0.2) is 9.84 Å². The van der Waals surface area contributed by atoms with Crippen molar-refractivity contribution < 1.29 is 13.2 Å². The van der Waals surface area contributed by atoms with Crippen molar-refractivity contribution in [3.8, 4) is 0 Å². The highest BCUT2D eigenvalue weighted by Gasteiger charge is 2.34. The van der Waals surface area contributed by atoms with Gasteiger partial charge in [-0.05, 0) is 37.9 Å². The average Bonchev–Trinajstić information content (AvgIpc) is 3.37. The van der Waals surface area contributed by atoms with Crippen LogP contribution in [0.3, 0.4) is 0 Å². The van der Waals surface area contributed by atoms with Crippen molar-refractivity contribution in [2.75, 3.05) is 57.3 Å². The molecule has 31 heavy (non-hydrogen) atoms. The molecular weight excluding hydrogens is 432 g/mol. The molecule has 1 aromatic heterocycles. The van der Waals surface area contributed by atoms with Gasteiger partial charge >= 0.3 is 0 Å². The number of aromatic nitrogens is 1. The molecule has 2 atom stereocenters. The second-order valence-corrected chi connectivity index (χ2v) is 12.4. The van der Waals surface area contributed by atoms with Gasteiger partial charge in [0.05, 0.1) is 33.3 Å². The van der Waals surface area contributed by atoms with E-state index in [0.29, 0.717) is 31.3 Å². The van der Waals surface area contributed by atoms with Gasteiger partial charge in [-0.25, -0.2) is 13.4 Å². The highest BCUT2D eigenvalue weighted by molar-refractivity contribution is 7.91. The molecule has 0 unspecified atom stereocenters. The highest BCUT2D eigenvalue weighted by atomic mass is 32.2. The third kappa shape index (κ3) is 4.79. The Kier molecular flexibility index (Phi) is 6.02. The summed E-state index contributed by atoms with van der Waals surface area (Å²) in [6, 6.07) is 8.42. The van der Waals surface area contributed by atoms with E-state index in [1.54, 1.807) is 11.3 Å². The van der Waals surface area contributed by atoms with E-state index in [4.69, 9.17) is 4.98 Å². The van der Waals surface area contributed by atoms with E-state index in [2.05, 4.69) is 28.0 Å². The first-order valence-corrected chi connectivity index (χ1v) is 13.9. The molecule has 168 valence electrons. The van der Waals surface area contributed by atoms with Crippen LogP contribution in [0.1, 0.15) is 30.2 Å². The van der Waals surface area contributed by atoms with Gasteiger partial charge in [-0.3, -0.25) is 14.6 Å². The van der Waals surface area contributed by atoms with Gasteiger partial charge < -0.3 is 4.90 Å². The Morgan fingerprint density at radius 3 is 2.65 bits per heavy atom. The quantitative estimate of drug-likeness (QED) is 0.690. The zero-order chi connectivity index (χ0) is 21.4. The van der Waals surface area contributed by atoms with Crippen LogP contribution in [-0.2, 0) is 14.6 Å². The molecule has 2 aromatic rings. The third-order valence-corrected chi connectivity index (χ3v) is 9.87. The molecule has 0 aliphatic carbocycles. The number of carbonyl (C=O) groups is 1. The van der Waals surface area contributed by atoms with Crippen molar-refractivity contribution in [3.63, 3.8) is 0 Å². The van der Waals surface area contributed by atoms with Crippen molar-refractivity contribution in [2.24, 2.45) is 0 Å². The second kappa shape index (κ2) is 8.77. The minimum atomic E-state index is -2.86. The number of hydrogen-bond donors (Lipinski definition) is 0. The monoisotopic (exact) mass is 462 g/mol. The smallest absolute Gasteiger partial charge is 0.236 e. The maximum Gasteiger partial charge on any atom is 0.236 e. The van der Waals surface area contributed by atoms with Crippen molar-refractivity contribution >= 4 is 37.3 Å². The number of likely N-dealkylation sites (tertiary alicyclic amines) is 1. The number of rotatable bonds is 4. The molecule has 1 aromatic carbocycles. The Labute approximate surface area is 187 Å². The molecule has 7 nitrogen and oxygen atoms in total. The minimum absolute atomic E-state index is 0.138. The SMILES string of the molecule is O=C(CN1CCC[C@@H](c2nc3ccccc3s2)C1)N1CCN([C@@H]2CCS(=O)(=O)C2)CC1. The maximum absolute atomic E-state index is 12.9. The lowest BCUT2D eigenvalue weighted by atomic mass is 9.98. The van der Waals surface area contributed by atoms with E-state index in [9.17, 15) is 13.2 Å². The molecule has 3 aliphatic rings. The minimum Gasteiger partial charge on any atom is -0.339 e. The van der Waals surface area contributed by atoms with Crippen LogP contribution in [-0.4, -0.2) is 97.4 Å². The molecule has 4 heterocycles. The molecule has 0 N–H and O–H groups in total. The molecule has 3 aliphatic heterocycles. The largest absolute Gasteiger partial charge is 0.339 e. The summed E-state index contributed by atoms with van der Waals surface area (Å²) >= 11 is 1.78. The Morgan fingerprint density at radius 1 is 1.10 bits per heavy atom. The first kappa shape index (κ1) is 21.3. The number of fused-ring (bicyclic) bond motifs is 1. The second-order valence-electron chi connectivity index (χ2n) is 9.07. The predicted molar refractivity (Wildman–Crippen MR) is 123 cm³/mol. The molecule has 9 heteroatoms. The van der Waals surface area contributed by atoms with Crippen LogP contribution in [0.2, 0.25) is 0 Å². The van der Waals surface area contributed by atoms with Crippen LogP contribution in [0.4, 0.5) is 0 Å². The molecule has 3 saturated heterocycles. The number of piperidine rings is 1. The lowest BCUT2D eigenvalue weighted by Crippen LogP contribution is -2.54. The van der Waals surface area contributed by atoms with Gasteiger partial charge in [-0.15, -0.1) is 11.3 Å². The van der Waals surface area contributed by atoms with Crippen LogP contribution in [0.15, 0.2) is 24.3 Å². The fourth-order valence-electron chi connectivity index (χ4n) is 5.16. The normalized spacial score (nSPS) is 27.7. The summed E-state index contributed by atoms with van der Waals surface area (Å²) in [5, 5.41) is 1.19. The molecule has 5 rings (SSSR count). The topological polar surface area (TPSA) is 73.8 Å². The van der Waals surface area contributed by atoms with Gasteiger partial charge in [-0.2, -0.15) is 0 Å². The summed E-state index contributed by atoms with van der Waals surface area (Å²) in [5.74, 6) is 1.19. The van der Waals surface area contributed by atoms with E-state index in [0.717, 1.165) is 51.0 Å². The third-order valence-electron chi connectivity index (χ3n) is 6.92. The van der Waals surface area contributed by atoms with Gasteiger partial charge in [0.2, 0.25) is 5.91 Å². The first-order valence-electron chi connectivity index (χ1n) is 11.3. The number of sulfone groups is 1. The summed E-state index contributed by atoms with van der Waals surface area (Å²) in [6.45, 7) is 5.28. The van der Waals surface area contributed by atoms with Crippen molar-refractivity contribution in [3.05, 3.63) is 29.3 Å². The van der Waals surface area contributed by atoms with Crippen LogP contribution in [0.25, 0.3) is 10.2 Å². The van der Waals surface area contributed by atoms with E-state index in [1.165, 1.54) is 9.71 Å². The predicted octanol–water partition coefficient (Wildman–Crippen LogP) is 1.81. The number of amides is 1. The summed E-state index contributed by atoms with van der Waals surface area (Å²) < 4.78 is 24.7. The molecule has 0 spiro atoms. The number of carbonyl (C=O) groups excluding carboxylic acids is 1. The lowest BCUT2D eigenvalue weighted by Gasteiger charge is -2.39. The van der Waals surface area contributed by atoms with Crippen LogP contribution in [0, 0.1) is 0 Å². The van der Waals surface area contributed by atoms with Gasteiger partial charge in [0, 0.05) is 44.7 Å². The number of hydrogen-bond acceptors (Lipinski definition) is 7. The summed E-state index contributed by atoms with van der Waals surface area (Å²) in [5.41, 5.74) is 1.07. The zero-order valence-electron chi connectivity index (χ0n) is 17.8. The van der Waals surface area contributed by atoms with Crippen molar-refractivity contribution in [1.82, 2.24) is 19.7 Å². The molecule has 3 fully saturated rings. The summed E-state index contributed by atoms with van der Waals surface area (Å²) in [6.07, 6.45) is 2.96. The van der Waals surface area contributed by atoms with Gasteiger partial charge in [0.25, 0.3) is 0 Å². The molecule has 0 bridgehead atoms. The molecule has 0 saturated carbocycles. The lowest BCUT2D eigenvalue weighted by molar-refractivity contribution is -0.134. The first-order chi connectivity index (χ1) is 15.0. The Balaban J connectivity index is 1.14. The molecule has 0 radical (unpaired) electrons. The Bertz CT molecular complexity index is 1010. The van der Waals surface area contributed by atoms with Crippen LogP contribution in [0.5, 0.6) is 0 Å². The number of nitrogens with zero attached hydrogens (tertiary/aromatic N) is 4. The van der Waals surface area contributed by atoms with Crippen LogP contribution >= 0.6 is 11.3 Å². The fraction of sp³-hybridized carbons (Fsp3) is 0.636. The van der Waals surface area contributed by atoms with Crippen molar-refractivity contribution in [1.29, 1.82) is 0 Å². The molecular formula is C22H30N4O3S2. The van der Waals surface area contributed by atoms with E-state index in [1.807, 2.05) is 11.0 Å². The highest BCUT2D eigenvalue weighted by Crippen LogP contribution is 2.33. The van der Waals surface area contributed by atoms with E-state index >= 15 is 0 Å². The van der Waals surface area contributed by atoms with E-state index in [-0.39, 0.29) is 17.7 Å². The van der Waals surface area contributed by atoms with Crippen molar-refractivity contribution in [2.45, 2.75) is 31.2 Å². The molecule has 1 amide bonds. The van der Waals surface area contributed by atoms with Gasteiger partial charge in [0.1, 0.15) is 0 Å². The van der Waals surface area contributed by atoms with Gasteiger partial charge in [-0.1, -0.05) is 12.1 Å². The average molecular weight is 463 g/mol.